The molecular formula is C17H22N2O4S. The minimum Gasteiger partial charge on any atom is -0.496 e. The van der Waals surface area contributed by atoms with E-state index in [4.69, 9.17) is 4.74 Å². The van der Waals surface area contributed by atoms with Crippen LogP contribution < -0.4 is 9.46 Å². The molecule has 1 fully saturated rings. The van der Waals surface area contributed by atoms with Crippen LogP contribution in [0.3, 0.4) is 0 Å². The molecule has 2 atom stereocenters. The molecule has 0 aromatic heterocycles. The Bertz CT molecular complexity index is 838. The summed E-state index contributed by atoms with van der Waals surface area (Å²) in [6, 6.07) is 11.5. The molecule has 2 aromatic rings. The summed E-state index contributed by atoms with van der Waals surface area (Å²) >= 11 is 0. The van der Waals surface area contributed by atoms with Crippen molar-refractivity contribution >= 4 is 20.8 Å². The van der Waals surface area contributed by atoms with E-state index in [9.17, 15) is 13.5 Å². The van der Waals surface area contributed by atoms with Gasteiger partial charge < -0.3 is 9.84 Å². The number of sulfonamides is 1. The number of nitrogens with zero attached hydrogens (tertiary/aromatic N) is 1. The highest BCUT2D eigenvalue weighted by atomic mass is 32.2. The number of aliphatic hydroxyl groups is 1. The molecule has 0 spiro atoms. The van der Waals surface area contributed by atoms with Gasteiger partial charge in [-0.05, 0) is 17.0 Å². The van der Waals surface area contributed by atoms with E-state index in [1.54, 1.807) is 7.11 Å². The first-order valence-electron chi connectivity index (χ1n) is 7.80. The fraction of sp³-hybridized carbons (Fsp3) is 0.412. The number of hydrogen-bond acceptors (Lipinski definition) is 5. The summed E-state index contributed by atoms with van der Waals surface area (Å²) in [5, 5.41) is 12.3. The first-order valence-corrected chi connectivity index (χ1v) is 9.69. The predicted molar refractivity (Wildman–Crippen MR) is 93.6 cm³/mol. The maximum atomic E-state index is 11.4. The van der Waals surface area contributed by atoms with E-state index in [2.05, 4.69) is 9.62 Å². The van der Waals surface area contributed by atoms with Crippen molar-refractivity contribution in [2.24, 2.45) is 0 Å². The van der Waals surface area contributed by atoms with Crippen LogP contribution in [0.4, 0.5) is 0 Å². The summed E-state index contributed by atoms with van der Waals surface area (Å²) in [5.41, 5.74) is 1.12. The van der Waals surface area contributed by atoms with Gasteiger partial charge in [-0.1, -0.05) is 30.3 Å². The van der Waals surface area contributed by atoms with Gasteiger partial charge in [0.1, 0.15) is 5.75 Å². The number of aliphatic hydroxyl groups excluding tert-OH is 1. The molecule has 1 aliphatic rings. The number of hydrogen-bond donors (Lipinski definition) is 2. The molecule has 1 heterocycles. The lowest BCUT2D eigenvalue weighted by Crippen LogP contribution is -2.42. The Kier molecular flexibility index (Phi) is 4.78. The summed E-state index contributed by atoms with van der Waals surface area (Å²) < 4.78 is 30.7. The first-order chi connectivity index (χ1) is 11.4. The Morgan fingerprint density at radius 1 is 1.21 bits per heavy atom. The molecule has 6 nitrogen and oxygen atoms in total. The lowest BCUT2D eigenvalue weighted by atomic mass is 10.0. The van der Waals surface area contributed by atoms with Crippen molar-refractivity contribution in [2.75, 3.05) is 26.5 Å². The van der Waals surface area contributed by atoms with Crippen molar-refractivity contribution in [3.8, 4) is 5.75 Å². The van der Waals surface area contributed by atoms with Gasteiger partial charge in [-0.3, -0.25) is 4.90 Å². The van der Waals surface area contributed by atoms with Crippen LogP contribution in [0.25, 0.3) is 10.8 Å². The summed E-state index contributed by atoms with van der Waals surface area (Å²) in [7, 11) is -1.68. The monoisotopic (exact) mass is 350 g/mol. The lowest BCUT2D eigenvalue weighted by Gasteiger charge is -2.18. The van der Waals surface area contributed by atoms with Crippen LogP contribution in [0, 0.1) is 0 Å². The molecule has 1 saturated heterocycles. The molecule has 7 heteroatoms. The summed E-state index contributed by atoms with van der Waals surface area (Å²) in [6.45, 7) is 1.56. The normalized spacial score (nSPS) is 22.1. The quantitative estimate of drug-likeness (QED) is 0.839. The van der Waals surface area contributed by atoms with E-state index in [-0.39, 0.29) is 0 Å². The topological polar surface area (TPSA) is 78.9 Å². The first kappa shape index (κ1) is 17.2. The largest absolute Gasteiger partial charge is 0.496 e. The lowest BCUT2D eigenvalue weighted by molar-refractivity contribution is 0.160. The fourth-order valence-corrected chi connectivity index (χ4v) is 4.06. The van der Waals surface area contributed by atoms with Gasteiger partial charge in [-0.2, -0.15) is 0 Å². The van der Waals surface area contributed by atoms with Crippen LogP contribution in [0.2, 0.25) is 0 Å². The van der Waals surface area contributed by atoms with Crippen molar-refractivity contribution in [3.05, 3.63) is 42.0 Å². The van der Waals surface area contributed by atoms with Crippen LogP contribution >= 0.6 is 0 Å². The molecular weight excluding hydrogens is 328 g/mol. The molecule has 0 radical (unpaired) electrons. The number of ether oxygens (including phenoxy) is 1. The number of benzene rings is 2. The van der Waals surface area contributed by atoms with Crippen molar-refractivity contribution in [1.29, 1.82) is 0 Å². The van der Waals surface area contributed by atoms with E-state index in [1.807, 2.05) is 36.4 Å². The predicted octanol–water partition coefficient (Wildman–Crippen LogP) is 0.943. The Hall–Kier alpha value is -1.67. The van der Waals surface area contributed by atoms with E-state index < -0.39 is 22.2 Å². The Labute approximate surface area is 142 Å². The van der Waals surface area contributed by atoms with Gasteiger partial charge in [0, 0.05) is 25.0 Å². The molecule has 0 saturated carbocycles. The molecule has 0 bridgehead atoms. The van der Waals surface area contributed by atoms with E-state index in [1.165, 1.54) is 0 Å². The molecule has 2 N–H and O–H groups in total. The molecule has 130 valence electrons. The second-order valence-corrected chi connectivity index (χ2v) is 8.01. The van der Waals surface area contributed by atoms with Crippen molar-refractivity contribution < 1.29 is 18.3 Å². The fourth-order valence-electron chi connectivity index (χ4n) is 3.28. The van der Waals surface area contributed by atoms with Crippen LogP contribution in [-0.2, 0) is 16.6 Å². The van der Waals surface area contributed by atoms with Crippen LogP contribution in [0.5, 0.6) is 5.75 Å². The average molecular weight is 350 g/mol. The number of likely N-dealkylation sites (tertiary alicyclic amines) is 1. The van der Waals surface area contributed by atoms with Crippen molar-refractivity contribution in [1.82, 2.24) is 9.62 Å². The number of β-amino-alcohol motifs (C(OH)–C–C–N with tert-alkyl or cyclic N) is 1. The van der Waals surface area contributed by atoms with Crippen molar-refractivity contribution in [3.63, 3.8) is 0 Å². The third-order valence-electron chi connectivity index (χ3n) is 4.32. The van der Waals surface area contributed by atoms with Gasteiger partial charge in [-0.15, -0.1) is 0 Å². The second kappa shape index (κ2) is 6.68. The third kappa shape index (κ3) is 3.70. The SMILES string of the molecule is COc1ccc(CN2C[C@@H](O)[C@H](NS(C)(=O)=O)C2)c2ccccc12. The summed E-state index contributed by atoms with van der Waals surface area (Å²) in [4.78, 5) is 2.06. The molecule has 3 rings (SSSR count). The summed E-state index contributed by atoms with van der Waals surface area (Å²) in [6.07, 6.45) is 0.406. The number of fused-ring (bicyclic) bond motifs is 1. The minimum absolute atomic E-state index is 0.438. The molecule has 0 aliphatic carbocycles. The Morgan fingerprint density at radius 2 is 1.92 bits per heavy atom. The average Bonchev–Trinajstić information content (AvgIpc) is 2.85. The van der Waals surface area contributed by atoms with Crippen LogP contribution in [0.1, 0.15) is 5.56 Å². The van der Waals surface area contributed by atoms with Gasteiger partial charge in [0.05, 0.1) is 25.5 Å². The summed E-state index contributed by atoms with van der Waals surface area (Å²) in [5.74, 6) is 0.826. The van der Waals surface area contributed by atoms with E-state index in [0.29, 0.717) is 19.6 Å². The zero-order valence-corrected chi connectivity index (χ0v) is 14.6. The number of methoxy groups -OCH3 is 1. The Morgan fingerprint density at radius 3 is 2.58 bits per heavy atom. The number of rotatable bonds is 5. The van der Waals surface area contributed by atoms with Gasteiger partial charge in [0.2, 0.25) is 10.0 Å². The minimum atomic E-state index is -3.33. The van der Waals surface area contributed by atoms with Crippen molar-refractivity contribution in [2.45, 2.75) is 18.7 Å². The molecule has 2 aromatic carbocycles. The molecule has 1 aliphatic heterocycles. The maximum absolute atomic E-state index is 11.4. The zero-order valence-electron chi connectivity index (χ0n) is 13.8. The van der Waals surface area contributed by atoms with Gasteiger partial charge >= 0.3 is 0 Å². The van der Waals surface area contributed by atoms with Crippen LogP contribution in [0.15, 0.2) is 36.4 Å². The van der Waals surface area contributed by atoms with E-state index in [0.717, 1.165) is 28.3 Å². The zero-order chi connectivity index (χ0) is 17.3. The highest BCUT2D eigenvalue weighted by molar-refractivity contribution is 7.88. The molecule has 24 heavy (non-hydrogen) atoms. The van der Waals surface area contributed by atoms with Crippen LogP contribution in [-0.4, -0.2) is 57.0 Å². The number of nitrogens with one attached hydrogen (secondary N) is 1. The second-order valence-electron chi connectivity index (χ2n) is 6.23. The molecule has 0 amide bonds. The third-order valence-corrected chi connectivity index (χ3v) is 5.05. The smallest absolute Gasteiger partial charge is 0.209 e. The highest BCUT2D eigenvalue weighted by Gasteiger charge is 2.33. The molecule has 0 unspecified atom stereocenters. The van der Waals surface area contributed by atoms with Gasteiger partial charge in [0.25, 0.3) is 0 Å². The standard InChI is InChI=1S/C17H22N2O4S/c1-23-17-8-7-12(13-5-3-4-6-14(13)17)9-19-10-15(16(20)11-19)18-24(2,21)22/h3-8,15-16,18,20H,9-11H2,1-2H3/t15-,16-/m1/s1. The highest BCUT2D eigenvalue weighted by Crippen LogP contribution is 2.29. The van der Waals surface area contributed by atoms with Gasteiger partial charge in [-0.25, -0.2) is 13.1 Å². The maximum Gasteiger partial charge on any atom is 0.209 e. The van der Waals surface area contributed by atoms with Gasteiger partial charge in [0.15, 0.2) is 0 Å². The van der Waals surface area contributed by atoms with E-state index >= 15 is 0 Å². The Balaban J connectivity index is 1.81.